The minimum Gasteiger partial charge on any atom is -0.484 e. The lowest BCUT2D eigenvalue weighted by Gasteiger charge is -2.35. The Balaban J connectivity index is 0.00000312. The van der Waals surface area contributed by atoms with Crippen LogP contribution >= 0.6 is 12.4 Å². The third kappa shape index (κ3) is 7.15. The van der Waals surface area contributed by atoms with E-state index in [0.717, 1.165) is 25.2 Å². The molecule has 1 fully saturated rings. The first-order valence-corrected chi connectivity index (χ1v) is 8.29. The van der Waals surface area contributed by atoms with Crippen LogP contribution in [0.25, 0.3) is 0 Å². The Kier molecular flexibility index (Phi) is 9.13. The fourth-order valence-corrected chi connectivity index (χ4v) is 2.86. The summed E-state index contributed by atoms with van der Waals surface area (Å²) in [5, 5.41) is 11.0. The van der Waals surface area contributed by atoms with Gasteiger partial charge in [0.15, 0.2) is 5.75 Å². The van der Waals surface area contributed by atoms with Crippen LogP contribution in [0.5, 0.6) is 5.75 Å². The largest absolute Gasteiger partial charge is 0.484 e. The fourth-order valence-electron chi connectivity index (χ4n) is 2.86. The molecule has 1 aliphatic heterocycles. The Hall–Kier alpha value is -1.41. The zero-order valence-corrected chi connectivity index (χ0v) is 15.8. The van der Waals surface area contributed by atoms with Crippen LogP contribution in [0.3, 0.4) is 0 Å². The molecule has 7 nitrogen and oxygen atoms in total. The SMILES string of the molecule is Cc1ccc([N+](=O)[O-])c(OCCOCCN2CC(C)OC(C)C2)c1.Cl. The van der Waals surface area contributed by atoms with E-state index in [1.165, 1.54) is 6.07 Å². The number of halogens is 1. The molecule has 0 N–H and O–H groups in total. The molecule has 1 aromatic carbocycles. The van der Waals surface area contributed by atoms with Crippen LogP contribution < -0.4 is 4.74 Å². The van der Waals surface area contributed by atoms with E-state index >= 15 is 0 Å². The molecular weight excluding hydrogens is 348 g/mol. The number of rotatable bonds is 8. The first-order chi connectivity index (χ1) is 11.5. The highest BCUT2D eigenvalue weighted by molar-refractivity contribution is 5.85. The molecule has 0 amide bonds. The highest BCUT2D eigenvalue weighted by Gasteiger charge is 2.21. The van der Waals surface area contributed by atoms with Gasteiger partial charge in [0.2, 0.25) is 0 Å². The molecule has 8 heteroatoms. The topological polar surface area (TPSA) is 74.1 Å². The van der Waals surface area contributed by atoms with Gasteiger partial charge in [-0.3, -0.25) is 15.0 Å². The summed E-state index contributed by atoms with van der Waals surface area (Å²) < 4.78 is 16.8. The van der Waals surface area contributed by atoms with Crippen molar-refractivity contribution in [1.29, 1.82) is 0 Å². The van der Waals surface area contributed by atoms with Crippen molar-refractivity contribution in [3.8, 4) is 5.75 Å². The number of hydrogen-bond donors (Lipinski definition) is 0. The van der Waals surface area contributed by atoms with E-state index in [1.807, 2.05) is 6.92 Å². The van der Waals surface area contributed by atoms with Crippen molar-refractivity contribution in [2.45, 2.75) is 33.0 Å². The van der Waals surface area contributed by atoms with E-state index in [-0.39, 0.29) is 30.3 Å². The van der Waals surface area contributed by atoms with E-state index in [4.69, 9.17) is 14.2 Å². The molecule has 2 rings (SSSR count). The van der Waals surface area contributed by atoms with Crippen molar-refractivity contribution >= 4 is 18.1 Å². The molecule has 142 valence electrons. The first kappa shape index (κ1) is 21.6. The van der Waals surface area contributed by atoms with Gasteiger partial charge in [-0.1, -0.05) is 6.07 Å². The van der Waals surface area contributed by atoms with Crippen molar-refractivity contribution in [1.82, 2.24) is 4.90 Å². The summed E-state index contributed by atoms with van der Waals surface area (Å²) in [7, 11) is 0. The van der Waals surface area contributed by atoms with E-state index in [0.29, 0.717) is 25.6 Å². The van der Waals surface area contributed by atoms with Crippen LogP contribution in [0.4, 0.5) is 5.69 Å². The van der Waals surface area contributed by atoms with Gasteiger partial charge >= 0.3 is 5.69 Å². The molecule has 0 saturated carbocycles. The van der Waals surface area contributed by atoms with Gasteiger partial charge in [0.1, 0.15) is 6.61 Å². The molecule has 1 heterocycles. The van der Waals surface area contributed by atoms with E-state index in [9.17, 15) is 10.1 Å². The number of nitro benzene ring substituents is 1. The van der Waals surface area contributed by atoms with Crippen LogP contribution in [0, 0.1) is 17.0 Å². The first-order valence-electron chi connectivity index (χ1n) is 8.29. The van der Waals surface area contributed by atoms with Crippen LogP contribution in [-0.2, 0) is 9.47 Å². The highest BCUT2D eigenvalue weighted by atomic mass is 35.5. The number of morpholine rings is 1. The van der Waals surface area contributed by atoms with Crippen LogP contribution in [0.1, 0.15) is 19.4 Å². The van der Waals surface area contributed by atoms with Gasteiger partial charge in [-0.15, -0.1) is 12.4 Å². The smallest absolute Gasteiger partial charge is 0.310 e. The summed E-state index contributed by atoms with van der Waals surface area (Å²) >= 11 is 0. The zero-order chi connectivity index (χ0) is 17.5. The molecule has 0 radical (unpaired) electrons. The Bertz CT molecular complexity index is 548. The summed E-state index contributed by atoms with van der Waals surface area (Å²) in [5.74, 6) is 0.291. The summed E-state index contributed by atoms with van der Waals surface area (Å²) in [4.78, 5) is 12.9. The minimum absolute atomic E-state index is 0. The van der Waals surface area contributed by atoms with Crippen molar-refractivity contribution < 1.29 is 19.1 Å². The van der Waals surface area contributed by atoms with E-state index in [2.05, 4.69) is 18.7 Å². The number of aryl methyl sites for hydroxylation is 1. The second-order valence-electron chi connectivity index (χ2n) is 6.21. The van der Waals surface area contributed by atoms with Crippen LogP contribution in [0.2, 0.25) is 0 Å². The average Bonchev–Trinajstić information content (AvgIpc) is 2.49. The summed E-state index contributed by atoms with van der Waals surface area (Å²) in [6, 6.07) is 4.84. The lowest BCUT2D eigenvalue weighted by atomic mass is 10.2. The van der Waals surface area contributed by atoms with Gasteiger partial charge in [0.25, 0.3) is 0 Å². The maximum atomic E-state index is 11.0. The van der Waals surface area contributed by atoms with Crippen molar-refractivity contribution in [3.05, 3.63) is 33.9 Å². The van der Waals surface area contributed by atoms with Gasteiger partial charge in [-0.05, 0) is 32.4 Å². The lowest BCUT2D eigenvalue weighted by molar-refractivity contribution is -0.385. The van der Waals surface area contributed by atoms with Crippen molar-refractivity contribution in [3.63, 3.8) is 0 Å². The Labute approximate surface area is 154 Å². The second kappa shape index (κ2) is 10.6. The number of hydrogen-bond acceptors (Lipinski definition) is 6. The standard InChI is InChI=1S/C17H26N2O5.ClH/c1-13-4-5-16(19(20)21)17(10-13)23-9-8-22-7-6-18-11-14(2)24-15(3)12-18;/h4-5,10,14-15H,6-9,11-12H2,1-3H3;1H. The maximum Gasteiger partial charge on any atom is 0.310 e. The summed E-state index contributed by atoms with van der Waals surface area (Å²) in [6.07, 6.45) is 0.498. The van der Waals surface area contributed by atoms with Crippen LogP contribution in [0.15, 0.2) is 18.2 Å². The lowest BCUT2D eigenvalue weighted by Crippen LogP contribution is -2.46. The molecule has 0 aliphatic carbocycles. The molecule has 2 unspecified atom stereocenters. The molecule has 1 aromatic rings. The van der Waals surface area contributed by atoms with Crippen molar-refractivity contribution in [2.75, 3.05) is 39.5 Å². The molecular formula is C17H27ClN2O5. The molecule has 1 aliphatic rings. The van der Waals surface area contributed by atoms with E-state index < -0.39 is 4.92 Å². The maximum absolute atomic E-state index is 11.0. The van der Waals surface area contributed by atoms with Crippen LogP contribution in [-0.4, -0.2) is 61.5 Å². The van der Waals surface area contributed by atoms with Gasteiger partial charge in [-0.25, -0.2) is 0 Å². The Morgan fingerprint density at radius 3 is 2.56 bits per heavy atom. The highest BCUT2D eigenvalue weighted by Crippen LogP contribution is 2.27. The van der Waals surface area contributed by atoms with Gasteiger partial charge in [0.05, 0.1) is 30.3 Å². The summed E-state index contributed by atoms with van der Waals surface area (Å²) in [6.45, 7) is 10.0. The van der Waals surface area contributed by atoms with Gasteiger partial charge in [0, 0.05) is 25.7 Å². The number of benzene rings is 1. The predicted octanol–water partition coefficient (Wildman–Crippen LogP) is 2.83. The van der Waals surface area contributed by atoms with Gasteiger partial charge in [-0.2, -0.15) is 0 Å². The minimum atomic E-state index is -0.434. The molecule has 25 heavy (non-hydrogen) atoms. The second-order valence-corrected chi connectivity index (χ2v) is 6.21. The molecule has 1 saturated heterocycles. The Morgan fingerprint density at radius 2 is 1.92 bits per heavy atom. The number of nitrogens with zero attached hydrogens (tertiary/aromatic N) is 2. The third-order valence-corrected chi connectivity index (χ3v) is 3.84. The summed E-state index contributed by atoms with van der Waals surface area (Å²) in [5.41, 5.74) is 0.906. The molecule has 0 aromatic heterocycles. The average molecular weight is 375 g/mol. The normalized spacial score (nSPS) is 20.8. The number of nitro groups is 1. The molecule has 0 bridgehead atoms. The van der Waals surface area contributed by atoms with Gasteiger partial charge < -0.3 is 14.2 Å². The molecule has 0 spiro atoms. The third-order valence-electron chi connectivity index (χ3n) is 3.84. The van der Waals surface area contributed by atoms with E-state index in [1.54, 1.807) is 12.1 Å². The predicted molar refractivity (Wildman–Crippen MR) is 97.8 cm³/mol. The zero-order valence-electron chi connectivity index (χ0n) is 15.0. The fraction of sp³-hybridized carbons (Fsp3) is 0.647. The monoisotopic (exact) mass is 374 g/mol. The quantitative estimate of drug-likeness (QED) is 0.395. The number of ether oxygens (including phenoxy) is 3. The molecule has 2 atom stereocenters. The van der Waals surface area contributed by atoms with Crippen molar-refractivity contribution in [2.24, 2.45) is 0 Å². The Morgan fingerprint density at radius 1 is 1.24 bits per heavy atom.